The highest BCUT2D eigenvalue weighted by Gasteiger charge is 2.29. The number of amides is 2. The van der Waals surface area contributed by atoms with Gasteiger partial charge in [0.25, 0.3) is 0 Å². The zero-order chi connectivity index (χ0) is 23.8. The average molecular weight is 446 g/mol. The molecule has 2 amide bonds. The van der Waals surface area contributed by atoms with Crippen LogP contribution >= 0.6 is 0 Å². The minimum atomic E-state index is -1.15. The fourth-order valence-electron chi connectivity index (χ4n) is 3.11. The second-order valence-electron chi connectivity index (χ2n) is 6.96. The van der Waals surface area contributed by atoms with E-state index in [9.17, 15) is 19.2 Å². The monoisotopic (exact) mass is 446 g/mol. The van der Waals surface area contributed by atoms with E-state index >= 15 is 0 Å². The topological polar surface area (TPSA) is 111 Å². The highest BCUT2D eigenvalue weighted by molar-refractivity contribution is 6.15. The van der Waals surface area contributed by atoms with Crippen molar-refractivity contribution in [3.63, 3.8) is 0 Å². The van der Waals surface area contributed by atoms with Crippen LogP contribution in [0.2, 0.25) is 0 Å². The number of ether oxygens (including phenoxy) is 2. The van der Waals surface area contributed by atoms with Crippen LogP contribution in [-0.4, -0.2) is 38.0 Å². The van der Waals surface area contributed by atoms with Crippen molar-refractivity contribution in [1.82, 2.24) is 0 Å². The molecule has 2 N–H and O–H groups in total. The fourth-order valence-corrected chi connectivity index (χ4v) is 3.11. The first-order valence-corrected chi connectivity index (χ1v) is 9.96. The third-order valence-corrected chi connectivity index (χ3v) is 4.80. The molecule has 0 bridgehead atoms. The third kappa shape index (κ3) is 5.82. The molecule has 8 heteroatoms. The van der Waals surface area contributed by atoms with E-state index < -0.39 is 29.7 Å². The summed E-state index contributed by atoms with van der Waals surface area (Å²) in [5.41, 5.74) is 2.02. The molecule has 168 valence electrons. The zero-order valence-corrected chi connectivity index (χ0v) is 18.0. The van der Waals surface area contributed by atoms with Crippen LogP contribution in [0.3, 0.4) is 0 Å². The number of nitrogens with one attached hydrogen (secondary N) is 2. The number of anilines is 2. The highest BCUT2D eigenvalue weighted by Crippen LogP contribution is 2.22. The van der Waals surface area contributed by atoms with Gasteiger partial charge in [-0.25, -0.2) is 9.59 Å². The van der Waals surface area contributed by atoms with Crippen LogP contribution in [0.5, 0.6) is 0 Å². The molecular formula is C25H22N2O6. The summed E-state index contributed by atoms with van der Waals surface area (Å²) >= 11 is 0. The molecule has 0 radical (unpaired) electrons. The maximum absolute atomic E-state index is 13.1. The van der Waals surface area contributed by atoms with Gasteiger partial charge in [-0.1, -0.05) is 30.3 Å². The minimum Gasteiger partial charge on any atom is -0.465 e. The van der Waals surface area contributed by atoms with Crippen LogP contribution in [-0.2, 0) is 19.1 Å². The van der Waals surface area contributed by atoms with Crippen molar-refractivity contribution in [3.05, 3.63) is 95.6 Å². The second-order valence-corrected chi connectivity index (χ2v) is 6.96. The molecule has 0 heterocycles. The summed E-state index contributed by atoms with van der Waals surface area (Å²) in [5.74, 6) is -3.22. The number of methoxy groups -OCH3 is 2. The molecule has 8 nitrogen and oxygen atoms in total. The number of benzene rings is 3. The normalized spacial score (nSPS) is 10.3. The third-order valence-electron chi connectivity index (χ3n) is 4.80. The Bertz CT molecular complexity index is 1070. The van der Waals surface area contributed by atoms with Gasteiger partial charge in [-0.3, -0.25) is 9.59 Å². The van der Waals surface area contributed by atoms with E-state index in [2.05, 4.69) is 20.1 Å². The van der Waals surface area contributed by atoms with E-state index in [-0.39, 0.29) is 0 Å². The van der Waals surface area contributed by atoms with E-state index in [0.29, 0.717) is 28.1 Å². The first-order valence-electron chi connectivity index (χ1n) is 9.96. The molecule has 3 aromatic carbocycles. The summed E-state index contributed by atoms with van der Waals surface area (Å²) in [5, 5.41) is 5.42. The van der Waals surface area contributed by atoms with Crippen LogP contribution in [0.15, 0.2) is 78.9 Å². The molecule has 0 aliphatic carbocycles. The fraction of sp³-hybridized carbons (Fsp3) is 0.120. The van der Waals surface area contributed by atoms with Gasteiger partial charge in [0.15, 0.2) is 0 Å². The van der Waals surface area contributed by atoms with Crippen molar-refractivity contribution >= 4 is 35.1 Å². The van der Waals surface area contributed by atoms with Crippen LogP contribution in [0.25, 0.3) is 0 Å². The Balaban J connectivity index is 1.79. The molecule has 0 aliphatic heterocycles. The van der Waals surface area contributed by atoms with E-state index in [0.717, 1.165) is 0 Å². The van der Waals surface area contributed by atoms with Crippen molar-refractivity contribution in [2.45, 2.75) is 5.92 Å². The summed E-state index contributed by atoms with van der Waals surface area (Å²) in [6.07, 6.45) is 0. The summed E-state index contributed by atoms with van der Waals surface area (Å²) in [6.45, 7) is 0. The van der Waals surface area contributed by atoms with Crippen molar-refractivity contribution in [2.75, 3.05) is 24.9 Å². The Morgan fingerprint density at radius 2 is 1.00 bits per heavy atom. The largest absolute Gasteiger partial charge is 0.465 e. The Morgan fingerprint density at radius 3 is 1.36 bits per heavy atom. The van der Waals surface area contributed by atoms with E-state index in [4.69, 9.17) is 0 Å². The lowest BCUT2D eigenvalue weighted by Crippen LogP contribution is -2.32. The van der Waals surface area contributed by atoms with Crippen molar-refractivity contribution in [2.24, 2.45) is 0 Å². The van der Waals surface area contributed by atoms with Gasteiger partial charge >= 0.3 is 11.9 Å². The Hall–Kier alpha value is -4.46. The Morgan fingerprint density at radius 1 is 0.606 bits per heavy atom. The van der Waals surface area contributed by atoms with E-state index in [1.807, 2.05) is 0 Å². The number of hydrogen-bond donors (Lipinski definition) is 2. The van der Waals surface area contributed by atoms with Crippen molar-refractivity contribution < 1.29 is 28.7 Å². The predicted octanol–water partition coefficient (Wildman–Crippen LogP) is 3.62. The zero-order valence-electron chi connectivity index (χ0n) is 18.0. The van der Waals surface area contributed by atoms with Crippen molar-refractivity contribution in [3.8, 4) is 0 Å². The van der Waals surface area contributed by atoms with Crippen LogP contribution in [0.4, 0.5) is 11.4 Å². The van der Waals surface area contributed by atoms with Crippen LogP contribution in [0.1, 0.15) is 32.2 Å². The molecular weight excluding hydrogens is 424 g/mol. The summed E-state index contributed by atoms with van der Waals surface area (Å²) in [7, 11) is 2.56. The van der Waals surface area contributed by atoms with Gasteiger partial charge in [0, 0.05) is 11.4 Å². The second kappa shape index (κ2) is 10.7. The van der Waals surface area contributed by atoms with Gasteiger partial charge in [0.05, 0.1) is 25.3 Å². The molecule has 3 aromatic rings. The lowest BCUT2D eigenvalue weighted by molar-refractivity contribution is -0.126. The maximum Gasteiger partial charge on any atom is 0.337 e. The highest BCUT2D eigenvalue weighted by atomic mass is 16.5. The molecule has 0 saturated carbocycles. The number of hydrogen-bond acceptors (Lipinski definition) is 6. The van der Waals surface area contributed by atoms with Gasteiger partial charge in [0.1, 0.15) is 5.92 Å². The number of rotatable bonds is 7. The lowest BCUT2D eigenvalue weighted by Gasteiger charge is -2.17. The molecule has 0 atom stereocenters. The molecule has 0 spiro atoms. The molecule has 3 rings (SSSR count). The van der Waals surface area contributed by atoms with Crippen LogP contribution in [0, 0.1) is 0 Å². The van der Waals surface area contributed by atoms with Crippen molar-refractivity contribution in [1.29, 1.82) is 0 Å². The number of esters is 2. The quantitative estimate of drug-likeness (QED) is 0.424. The standard InChI is InChI=1S/C25H22N2O6/c1-32-24(30)17-8-12-19(13-9-17)26-22(28)21(16-6-4-3-5-7-16)23(29)27-20-14-10-18(11-15-20)25(31)33-2/h3-15,21H,1-2H3,(H,26,28)(H,27,29). The summed E-state index contributed by atoms with van der Waals surface area (Å²) in [6, 6.07) is 20.9. The lowest BCUT2D eigenvalue weighted by atomic mass is 9.96. The molecule has 0 saturated heterocycles. The first-order chi connectivity index (χ1) is 15.9. The van der Waals surface area contributed by atoms with Gasteiger partial charge in [-0.15, -0.1) is 0 Å². The van der Waals surface area contributed by atoms with E-state index in [1.54, 1.807) is 54.6 Å². The predicted molar refractivity (Wildman–Crippen MR) is 122 cm³/mol. The van der Waals surface area contributed by atoms with E-state index in [1.165, 1.54) is 38.5 Å². The van der Waals surface area contributed by atoms with Gasteiger partial charge < -0.3 is 20.1 Å². The minimum absolute atomic E-state index is 0.336. The molecule has 0 aliphatic rings. The first kappa shape index (κ1) is 23.2. The van der Waals surface area contributed by atoms with Crippen LogP contribution < -0.4 is 10.6 Å². The molecule has 0 aromatic heterocycles. The Kier molecular flexibility index (Phi) is 7.54. The average Bonchev–Trinajstić information content (AvgIpc) is 2.84. The number of carbonyl (C=O) groups is 4. The Labute approximate surface area is 190 Å². The molecule has 0 fully saturated rings. The smallest absolute Gasteiger partial charge is 0.337 e. The SMILES string of the molecule is COC(=O)c1ccc(NC(=O)C(C(=O)Nc2ccc(C(=O)OC)cc2)c2ccccc2)cc1. The molecule has 0 unspecified atom stereocenters. The van der Waals surface area contributed by atoms with Gasteiger partial charge in [0.2, 0.25) is 11.8 Å². The summed E-state index contributed by atoms with van der Waals surface area (Å²) < 4.78 is 9.33. The maximum atomic E-state index is 13.1. The number of carbonyl (C=O) groups excluding carboxylic acids is 4. The summed E-state index contributed by atoms with van der Waals surface area (Å²) in [4.78, 5) is 49.3. The molecule has 33 heavy (non-hydrogen) atoms. The van der Waals surface area contributed by atoms with Gasteiger partial charge in [-0.2, -0.15) is 0 Å². The van der Waals surface area contributed by atoms with Gasteiger partial charge in [-0.05, 0) is 54.1 Å².